The molecule has 0 aliphatic rings. The summed E-state index contributed by atoms with van der Waals surface area (Å²) >= 11 is 0. The van der Waals surface area contributed by atoms with Gasteiger partial charge in [-0.15, -0.1) is 0 Å². The summed E-state index contributed by atoms with van der Waals surface area (Å²) < 4.78 is 0. The van der Waals surface area contributed by atoms with E-state index in [4.69, 9.17) is 0 Å². The predicted octanol–water partition coefficient (Wildman–Crippen LogP) is -3.71. The van der Waals surface area contributed by atoms with Crippen molar-refractivity contribution in [1.82, 2.24) is 0 Å². The summed E-state index contributed by atoms with van der Waals surface area (Å²) in [6.07, 6.45) is 0. The Balaban J connectivity index is 0. The molecule has 0 aliphatic heterocycles. The van der Waals surface area contributed by atoms with Gasteiger partial charge in [0.1, 0.15) is 0 Å². The van der Waals surface area contributed by atoms with Gasteiger partial charge < -0.3 is 6.90 Å². The van der Waals surface area contributed by atoms with Gasteiger partial charge in [0.05, 0.1) is 0 Å². The molecule has 4 heteroatoms. The Morgan fingerprint density at radius 1 is 1.25 bits per heavy atom. The topological polar surface area (TPSA) is 31.5 Å². The fraction of sp³-hybridized carbons (Fsp3) is 0. The molecule has 4 heavy (non-hydrogen) atoms. The third-order valence-electron chi connectivity index (χ3n) is 0. The van der Waals surface area contributed by atoms with Crippen LogP contribution in [0.2, 0.25) is 0 Å². The molecule has 0 aromatic carbocycles. The Bertz CT molecular complexity index is 11.6. The average Bonchev–Trinajstić information content (AvgIpc) is 0. The maximum atomic E-state index is 0. The van der Waals surface area contributed by atoms with E-state index >= 15 is 0 Å². The third-order valence-corrected chi connectivity index (χ3v) is 0. The van der Waals surface area contributed by atoms with Crippen LogP contribution in [0.3, 0.4) is 0 Å². The fourth-order valence-electron chi connectivity index (χ4n) is 0. The van der Waals surface area contributed by atoms with Gasteiger partial charge in [0.2, 0.25) is 0 Å². The SMILES string of the molecule is O.[H-].[Na+].[Nb].[Ti]. The zero-order chi connectivity index (χ0) is 0. The van der Waals surface area contributed by atoms with Crippen LogP contribution in [0.4, 0.5) is 0 Å². The predicted molar refractivity (Wildman–Crippen MR) is 4.73 cm³/mol. The van der Waals surface area contributed by atoms with E-state index in [1.54, 1.807) is 0 Å². The van der Waals surface area contributed by atoms with Crippen LogP contribution >= 0.6 is 0 Å². The molecule has 1 radical (unpaired) electrons. The van der Waals surface area contributed by atoms with Crippen molar-refractivity contribution in [2.75, 3.05) is 0 Å². The molecular weight excluding hydrogens is 180 g/mol. The monoisotopic (exact) mass is 183 g/mol. The minimum absolute atomic E-state index is 0. The number of rotatable bonds is 0. The van der Waals surface area contributed by atoms with Crippen molar-refractivity contribution in [3.63, 3.8) is 0 Å². The molecular formula is H3NaNbOTi. The Morgan fingerprint density at radius 3 is 1.25 bits per heavy atom. The Labute approximate surface area is 79.4 Å². The molecule has 0 amide bonds. The van der Waals surface area contributed by atoms with Gasteiger partial charge in [0.25, 0.3) is 0 Å². The largest absolute Gasteiger partial charge is 1.00 e. The van der Waals surface area contributed by atoms with Crippen molar-refractivity contribution in [2.24, 2.45) is 0 Å². The van der Waals surface area contributed by atoms with Crippen molar-refractivity contribution < 1.29 is 80.6 Å². The fourth-order valence-corrected chi connectivity index (χ4v) is 0. The van der Waals surface area contributed by atoms with Gasteiger partial charge in [-0.2, -0.15) is 0 Å². The second kappa shape index (κ2) is 18.1. The maximum Gasteiger partial charge on any atom is 1.00 e. The first-order valence-electron chi connectivity index (χ1n) is 0. The summed E-state index contributed by atoms with van der Waals surface area (Å²) in [7, 11) is 0. The van der Waals surface area contributed by atoms with Crippen LogP contribution in [0.5, 0.6) is 0 Å². The van der Waals surface area contributed by atoms with Gasteiger partial charge in [0.15, 0.2) is 0 Å². The van der Waals surface area contributed by atoms with Crippen molar-refractivity contribution >= 4 is 0 Å². The van der Waals surface area contributed by atoms with Crippen LogP contribution in [-0.4, -0.2) is 5.48 Å². The van der Waals surface area contributed by atoms with Gasteiger partial charge in [-0.05, 0) is 0 Å². The quantitative estimate of drug-likeness (QED) is 0.346. The van der Waals surface area contributed by atoms with Crippen LogP contribution in [-0.2, 0) is 44.1 Å². The third kappa shape index (κ3) is 8.83. The van der Waals surface area contributed by atoms with Gasteiger partial charge in [-0.1, -0.05) is 0 Å². The average molecular weight is 183 g/mol. The molecule has 0 saturated heterocycles. The van der Waals surface area contributed by atoms with Crippen LogP contribution in [0, 0.1) is 0 Å². The van der Waals surface area contributed by atoms with E-state index in [-0.39, 0.29) is 80.6 Å². The minimum Gasteiger partial charge on any atom is -1.00 e. The summed E-state index contributed by atoms with van der Waals surface area (Å²) in [5, 5.41) is 0. The molecule has 0 aliphatic carbocycles. The first-order chi connectivity index (χ1) is 0. The molecule has 0 heterocycles. The smallest absolute Gasteiger partial charge is 1.00 e. The Hall–Kier alpha value is 2.41. The normalized spacial score (nSPS) is 0. The second-order valence-electron chi connectivity index (χ2n) is 0. The first-order valence-corrected chi connectivity index (χ1v) is 0. The van der Waals surface area contributed by atoms with Crippen molar-refractivity contribution in [1.29, 1.82) is 0 Å². The molecule has 0 bridgehead atoms. The molecule has 19 valence electrons. The molecule has 0 rings (SSSR count). The van der Waals surface area contributed by atoms with Crippen molar-refractivity contribution in [3.8, 4) is 0 Å². The van der Waals surface area contributed by atoms with E-state index in [0.29, 0.717) is 0 Å². The summed E-state index contributed by atoms with van der Waals surface area (Å²) in [5.74, 6) is 0. The molecule has 0 atom stereocenters. The van der Waals surface area contributed by atoms with E-state index in [1.807, 2.05) is 0 Å². The Kier molecular flexibility index (Phi) is 146. The van der Waals surface area contributed by atoms with Crippen molar-refractivity contribution in [3.05, 3.63) is 0 Å². The standard InChI is InChI=1S/Na.Nb.H2O.Ti.H/h;;1H2;;/q+1;;;;-1. The van der Waals surface area contributed by atoms with Crippen molar-refractivity contribution in [2.45, 2.75) is 0 Å². The van der Waals surface area contributed by atoms with E-state index in [2.05, 4.69) is 0 Å². The van der Waals surface area contributed by atoms with Gasteiger partial charge in [-0.25, -0.2) is 0 Å². The molecule has 0 aromatic rings. The molecule has 0 fully saturated rings. The summed E-state index contributed by atoms with van der Waals surface area (Å²) in [5.41, 5.74) is 0. The summed E-state index contributed by atoms with van der Waals surface area (Å²) in [6, 6.07) is 0. The van der Waals surface area contributed by atoms with E-state index in [1.165, 1.54) is 0 Å². The molecule has 0 saturated carbocycles. The first kappa shape index (κ1) is 32.3. The van der Waals surface area contributed by atoms with E-state index < -0.39 is 0 Å². The number of hydrogen-bond donors (Lipinski definition) is 0. The van der Waals surface area contributed by atoms with E-state index in [0.717, 1.165) is 0 Å². The van der Waals surface area contributed by atoms with E-state index in [9.17, 15) is 0 Å². The van der Waals surface area contributed by atoms with Crippen LogP contribution < -0.4 is 29.6 Å². The molecule has 2 N–H and O–H groups in total. The molecule has 0 spiro atoms. The second-order valence-corrected chi connectivity index (χ2v) is 0. The van der Waals surface area contributed by atoms with Gasteiger partial charge >= 0.3 is 29.6 Å². The number of hydrogen-bond acceptors (Lipinski definition) is 0. The maximum absolute atomic E-state index is 0. The molecule has 0 unspecified atom stereocenters. The molecule has 0 aromatic heterocycles. The van der Waals surface area contributed by atoms with Crippen LogP contribution in [0.15, 0.2) is 0 Å². The minimum atomic E-state index is 0. The summed E-state index contributed by atoms with van der Waals surface area (Å²) in [4.78, 5) is 0. The zero-order valence-corrected chi connectivity index (χ0v) is 8.21. The zero-order valence-electron chi connectivity index (χ0n) is 3.45. The van der Waals surface area contributed by atoms with Crippen LogP contribution in [0.1, 0.15) is 1.43 Å². The molecule has 1 nitrogen and oxygen atoms in total. The summed E-state index contributed by atoms with van der Waals surface area (Å²) in [6.45, 7) is 0. The van der Waals surface area contributed by atoms with Gasteiger partial charge in [0, 0.05) is 44.1 Å². The van der Waals surface area contributed by atoms with Gasteiger partial charge in [-0.3, -0.25) is 0 Å². The Morgan fingerprint density at radius 2 is 1.25 bits per heavy atom. The van der Waals surface area contributed by atoms with Crippen LogP contribution in [0.25, 0.3) is 0 Å².